The van der Waals surface area contributed by atoms with Gasteiger partial charge in [0.15, 0.2) is 9.84 Å². The van der Waals surface area contributed by atoms with Crippen molar-refractivity contribution in [3.63, 3.8) is 0 Å². The molecular weight excluding hydrogens is 413 g/mol. The summed E-state index contributed by atoms with van der Waals surface area (Å²) in [5.74, 6) is -0.746. The number of benzene rings is 2. The molecular formula is C16H12ClF3O4S2. The van der Waals surface area contributed by atoms with Crippen molar-refractivity contribution in [3.8, 4) is 5.75 Å². The second-order valence-electron chi connectivity index (χ2n) is 5.22. The van der Waals surface area contributed by atoms with Gasteiger partial charge in [-0.25, -0.2) is 8.42 Å². The van der Waals surface area contributed by atoms with Crippen molar-refractivity contribution in [1.82, 2.24) is 0 Å². The smallest absolute Gasteiger partial charge is 0.416 e. The van der Waals surface area contributed by atoms with Crippen LogP contribution in [-0.2, 0) is 20.8 Å². The van der Waals surface area contributed by atoms with Gasteiger partial charge in [-0.05, 0) is 36.4 Å². The molecule has 26 heavy (non-hydrogen) atoms. The fourth-order valence-corrected chi connectivity index (χ4v) is 3.85. The third kappa shape index (κ3) is 5.15. The lowest BCUT2D eigenvalue weighted by atomic mass is 10.2. The number of esters is 1. The predicted octanol–water partition coefficient (Wildman–Crippen LogP) is 4.84. The van der Waals surface area contributed by atoms with E-state index in [1.54, 1.807) is 0 Å². The summed E-state index contributed by atoms with van der Waals surface area (Å²) in [6.07, 6.45) is -3.56. The minimum Gasteiger partial charge on any atom is -0.426 e. The zero-order chi connectivity index (χ0) is 19.7. The summed E-state index contributed by atoms with van der Waals surface area (Å²) in [6.45, 7) is 1.12. The summed E-state index contributed by atoms with van der Waals surface area (Å²) >= 11 is 6.89. The molecule has 140 valence electrons. The van der Waals surface area contributed by atoms with Gasteiger partial charge in [-0.3, -0.25) is 4.79 Å². The molecule has 0 aliphatic carbocycles. The van der Waals surface area contributed by atoms with Crippen LogP contribution in [0.1, 0.15) is 12.5 Å². The molecule has 0 amide bonds. The van der Waals surface area contributed by atoms with Gasteiger partial charge in [0.1, 0.15) is 5.75 Å². The van der Waals surface area contributed by atoms with Crippen LogP contribution < -0.4 is 4.74 Å². The van der Waals surface area contributed by atoms with E-state index in [9.17, 15) is 26.4 Å². The molecule has 2 aromatic carbocycles. The third-order valence-electron chi connectivity index (χ3n) is 3.08. The van der Waals surface area contributed by atoms with Gasteiger partial charge in [-0.15, -0.1) is 0 Å². The third-order valence-corrected chi connectivity index (χ3v) is 5.73. The van der Waals surface area contributed by atoms with E-state index in [1.165, 1.54) is 18.2 Å². The van der Waals surface area contributed by atoms with Gasteiger partial charge < -0.3 is 4.74 Å². The monoisotopic (exact) mass is 424 g/mol. The first-order valence-corrected chi connectivity index (χ1v) is 10.0. The van der Waals surface area contributed by atoms with Gasteiger partial charge in [-0.2, -0.15) is 13.2 Å². The number of halogens is 4. The van der Waals surface area contributed by atoms with E-state index in [0.717, 1.165) is 43.1 Å². The molecule has 0 heterocycles. The zero-order valence-corrected chi connectivity index (χ0v) is 15.8. The van der Waals surface area contributed by atoms with Crippen LogP contribution in [0.2, 0.25) is 5.02 Å². The Morgan fingerprint density at radius 3 is 2.27 bits per heavy atom. The van der Waals surface area contributed by atoms with E-state index in [0.29, 0.717) is 4.90 Å². The van der Waals surface area contributed by atoms with Crippen LogP contribution in [0.4, 0.5) is 13.2 Å². The van der Waals surface area contributed by atoms with Gasteiger partial charge in [0, 0.05) is 18.1 Å². The zero-order valence-electron chi connectivity index (χ0n) is 13.4. The van der Waals surface area contributed by atoms with Crippen molar-refractivity contribution in [2.75, 3.05) is 6.26 Å². The average Bonchev–Trinajstić information content (AvgIpc) is 2.48. The lowest BCUT2D eigenvalue weighted by Gasteiger charge is -2.13. The van der Waals surface area contributed by atoms with E-state index in [-0.39, 0.29) is 20.6 Å². The Kier molecular flexibility index (Phi) is 5.94. The van der Waals surface area contributed by atoms with Crippen molar-refractivity contribution in [1.29, 1.82) is 0 Å². The van der Waals surface area contributed by atoms with Crippen LogP contribution in [-0.4, -0.2) is 20.6 Å². The predicted molar refractivity (Wildman–Crippen MR) is 91.4 cm³/mol. The molecule has 4 nitrogen and oxygen atoms in total. The minimum absolute atomic E-state index is 0.0175. The quantitative estimate of drug-likeness (QED) is 0.519. The Bertz CT molecular complexity index is 956. The first kappa shape index (κ1) is 20.6. The average molecular weight is 425 g/mol. The number of rotatable bonds is 4. The van der Waals surface area contributed by atoms with Crippen LogP contribution in [0.3, 0.4) is 0 Å². The topological polar surface area (TPSA) is 60.4 Å². The van der Waals surface area contributed by atoms with Crippen LogP contribution >= 0.6 is 23.4 Å². The van der Waals surface area contributed by atoms with Crippen LogP contribution in [0.15, 0.2) is 51.1 Å². The van der Waals surface area contributed by atoms with E-state index in [2.05, 4.69) is 0 Å². The minimum atomic E-state index is -4.58. The van der Waals surface area contributed by atoms with Crippen LogP contribution in [0, 0.1) is 0 Å². The Balaban J connectivity index is 2.48. The van der Waals surface area contributed by atoms with E-state index < -0.39 is 27.5 Å². The fourth-order valence-electron chi connectivity index (χ4n) is 1.92. The second kappa shape index (κ2) is 7.50. The molecule has 0 radical (unpaired) electrons. The number of alkyl halides is 3. The Labute approximate surface area is 157 Å². The lowest BCUT2D eigenvalue weighted by molar-refractivity contribution is -0.137. The molecule has 0 N–H and O–H groups in total. The second-order valence-corrected chi connectivity index (χ2v) is 8.73. The normalized spacial score (nSPS) is 12.1. The highest BCUT2D eigenvalue weighted by Gasteiger charge is 2.31. The molecule has 0 atom stereocenters. The van der Waals surface area contributed by atoms with E-state index >= 15 is 0 Å². The van der Waals surface area contributed by atoms with E-state index in [1.807, 2.05) is 0 Å². The summed E-state index contributed by atoms with van der Waals surface area (Å²) in [7, 11) is -3.48. The summed E-state index contributed by atoms with van der Waals surface area (Å²) < 4.78 is 66.9. The molecule has 0 unspecified atom stereocenters. The van der Waals surface area contributed by atoms with Gasteiger partial charge >= 0.3 is 12.1 Å². The SMILES string of the molecule is CC(=O)Oc1ccc(C(F)(F)F)cc1Sc1ccc(S(C)(=O)=O)cc1Cl. The summed E-state index contributed by atoms with van der Waals surface area (Å²) in [5.41, 5.74) is -0.917. The van der Waals surface area contributed by atoms with Crippen LogP contribution in [0.25, 0.3) is 0 Å². The number of hydrogen-bond donors (Lipinski definition) is 0. The number of sulfone groups is 1. The maximum atomic E-state index is 13.0. The largest absolute Gasteiger partial charge is 0.426 e. The number of carbonyl (C=O) groups is 1. The summed E-state index contributed by atoms with van der Waals surface area (Å²) in [4.78, 5) is 11.5. The number of carbonyl (C=O) groups excluding carboxylic acids is 1. The molecule has 2 aromatic rings. The Hall–Kier alpha value is -1.71. The number of ether oxygens (including phenoxy) is 1. The van der Waals surface area contributed by atoms with E-state index in [4.69, 9.17) is 16.3 Å². The standard InChI is InChI=1S/C16H12ClF3O4S2/c1-9(21)24-13-5-3-10(16(18,19)20)7-15(13)25-14-6-4-11(8-12(14)17)26(2,22)23/h3-8H,1-2H3. The fraction of sp³-hybridized carbons (Fsp3) is 0.188. The maximum absolute atomic E-state index is 13.0. The molecule has 2 rings (SSSR count). The van der Waals surface area contributed by atoms with Gasteiger partial charge in [0.25, 0.3) is 0 Å². The molecule has 0 bridgehead atoms. The maximum Gasteiger partial charge on any atom is 0.416 e. The highest BCUT2D eigenvalue weighted by molar-refractivity contribution is 7.99. The van der Waals surface area contributed by atoms with Crippen molar-refractivity contribution >= 4 is 39.2 Å². The highest BCUT2D eigenvalue weighted by atomic mass is 35.5. The number of hydrogen-bond acceptors (Lipinski definition) is 5. The summed E-state index contributed by atoms with van der Waals surface area (Å²) in [6, 6.07) is 6.56. The molecule has 0 aliphatic rings. The first-order chi connectivity index (χ1) is 11.9. The van der Waals surface area contributed by atoms with Crippen molar-refractivity contribution in [2.45, 2.75) is 27.8 Å². The highest BCUT2D eigenvalue weighted by Crippen LogP contribution is 2.42. The van der Waals surface area contributed by atoms with Crippen molar-refractivity contribution in [3.05, 3.63) is 47.0 Å². The summed E-state index contributed by atoms with van der Waals surface area (Å²) in [5, 5.41) is 0.0455. The lowest BCUT2D eigenvalue weighted by Crippen LogP contribution is -2.07. The molecule has 0 spiro atoms. The van der Waals surface area contributed by atoms with Crippen molar-refractivity contribution in [2.24, 2.45) is 0 Å². The molecule has 0 fully saturated rings. The molecule has 10 heteroatoms. The molecule has 0 saturated heterocycles. The Morgan fingerprint density at radius 2 is 1.77 bits per heavy atom. The van der Waals surface area contributed by atoms with Gasteiger partial charge in [0.2, 0.25) is 0 Å². The van der Waals surface area contributed by atoms with Crippen LogP contribution in [0.5, 0.6) is 5.75 Å². The Morgan fingerprint density at radius 1 is 1.12 bits per heavy atom. The first-order valence-electron chi connectivity index (χ1n) is 6.95. The van der Waals surface area contributed by atoms with Gasteiger partial charge in [-0.1, -0.05) is 23.4 Å². The molecule has 0 aliphatic heterocycles. The molecule has 0 saturated carbocycles. The molecule has 0 aromatic heterocycles. The van der Waals surface area contributed by atoms with Crippen molar-refractivity contribution < 1.29 is 31.1 Å². The van der Waals surface area contributed by atoms with Gasteiger partial charge in [0.05, 0.1) is 20.4 Å².